The van der Waals surface area contributed by atoms with Crippen LogP contribution in [0.4, 0.5) is 0 Å². The lowest BCUT2D eigenvalue weighted by Crippen LogP contribution is -2.21. The molecule has 0 saturated carbocycles. The van der Waals surface area contributed by atoms with Crippen LogP contribution in [-0.4, -0.2) is 43.1 Å². The fraction of sp³-hybridized carbons (Fsp3) is 0.529. The van der Waals surface area contributed by atoms with Crippen molar-refractivity contribution in [3.63, 3.8) is 0 Å². The quantitative estimate of drug-likeness (QED) is 0.265. The number of methoxy groups -OCH3 is 1. The normalized spacial score (nSPS) is 11.9. The molecule has 0 unspecified atom stereocenters. The molecule has 0 radical (unpaired) electrons. The number of carbonyl (C=O) groups is 1. The fourth-order valence-electron chi connectivity index (χ4n) is 2.18. The van der Waals surface area contributed by atoms with Crippen LogP contribution in [0.1, 0.15) is 6.42 Å². The van der Waals surface area contributed by atoms with E-state index in [1.165, 1.54) is 7.11 Å². The van der Waals surface area contributed by atoms with Gasteiger partial charge in [0.2, 0.25) is 0 Å². The number of nitrogens with zero attached hydrogens (tertiary/aromatic N) is 2. The second kappa shape index (κ2) is 9.07. The zero-order valence-electron chi connectivity index (χ0n) is 15.2. The van der Waals surface area contributed by atoms with Crippen LogP contribution in [0.15, 0.2) is 23.4 Å². The third kappa shape index (κ3) is 6.33. The second-order valence-corrected chi connectivity index (χ2v) is 14.2. The van der Waals surface area contributed by atoms with E-state index in [1.807, 2.05) is 16.7 Å². The summed E-state index contributed by atoms with van der Waals surface area (Å²) >= 11 is 7.92. The highest BCUT2D eigenvalue weighted by Gasteiger charge is 2.13. The van der Waals surface area contributed by atoms with Crippen molar-refractivity contribution in [3.8, 4) is 0 Å². The number of rotatable bonds is 9. The van der Waals surface area contributed by atoms with Crippen molar-refractivity contribution in [1.29, 1.82) is 0 Å². The summed E-state index contributed by atoms with van der Waals surface area (Å²) < 4.78 is 12.4. The molecule has 138 valence electrons. The van der Waals surface area contributed by atoms with E-state index in [9.17, 15) is 4.79 Å². The summed E-state index contributed by atoms with van der Waals surface area (Å²) in [6.07, 6.45) is 2.13. The summed E-state index contributed by atoms with van der Waals surface area (Å²) in [5, 5.41) is 0.610. The third-order valence-electron chi connectivity index (χ3n) is 3.68. The van der Waals surface area contributed by atoms with E-state index < -0.39 is 8.07 Å². The molecule has 1 aromatic carbocycles. The Balaban J connectivity index is 2.02. The number of esters is 1. The minimum atomic E-state index is -1.09. The molecule has 0 aliphatic carbocycles. The van der Waals surface area contributed by atoms with Crippen LogP contribution < -0.4 is 0 Å². The molecule has 2 rings (SSSR count). The van der Waals surface area contributed by atoms with E-state index in [0.29, 0.717) is 23.9 Å². The fourth-order valence-corrected chi connectivity index (χ4v) is 4.16. The number of halogens is 1. The van der Waals surface area contributed by atoms with Crippen LogP contribution >= 0.6 is 23.4 Å². The first-order valence-electron chi connectivity index (χ1n) is 8.22. The van der Waals surface area contributed by atoms with Gasteiger partial charge in [0.15, 0.2) is 0 Å². The monoisotopic (exact) mass is 400 g/mol. The summed E-state index contributed by atoms with van der Waals surface area (Å²) in [7, 11) is 0.309. The number of imidazole rings is 1. The molecule has 0 bridgehead atoms. The van der Waals surface area contributed by atoms with Crippen LogP contribution in [0.2, 0.25) is 30.7 Å². The first-order valence-corrected chi connectivity index (χ1v) is 13.3. The summed E-state index contributed by atoms with van der Waals surface area (Å²) in [4.78, 5) is 16.6. The number of thioether (sulfide) groups is 1. The van der Waals surface area contributed by atoms with Crippen molar-refractivity contribution in [2.45, 2.75) is 43.7 Å². The van der Waals surface area contributed by atoms with Crippen LogP contribution in [0.25, 0.3) is 11.0 Å². The van der Waals surface area contributed by atoms with Gasteiger partial charge in [-0.3, -0.25) is 4.79 Å². The number of hydrogen-bond acceptors (Lipinski definition) is 5. The lowest BCUT2D eigenvalue weighted by Gasteiger charge is -2.15. The van der Waals surface area contributed by atoms with Gasteiger partial charge in [-0.1, -0.05) is 31.2 Å². The van der Waals surface area contributed by atoms with Gasteiger partial charge in [0.1, 0.15) is 12.2 Å². The predicted molar refractivity (Wildman–Crippen MR) is 106 cm³/mol. The summed E-state index contributed by atoms with van der Waals surface area (Å²) in [5.41, 5.74) is 1.72. The Morgan fingerprint density at radius 3 is 2.80 bits per heavy atom. The van der Waals surface area contributed by atoms with Gasteiger partial charge < -0.3 is 14.0 Å². The number of hydrogen-bond donors (Lipinski definition) is 0. The lowest BCUT2D eigenvalue weighted by molar-refractivity contribution is -0.140. The van der Waals surface area contributed by atoms with Gasteiger partial charge in [0.05, 0.1) is 30.4 Å². The van der Waals surface area contributed by atoms with Crippen LogP contribution in [0.5, 0.6) is 0 Å². The highest BCUT2D eigenvalue weighted by molar-refractivity contribution is 7.99. The first kappa shape index (κ1) is 20.3. The number of ether oxygens (including phenoxy) is 2. The van der Waals surface area contributed by atoms with E-state index in [-0.39, 0.29) is 5.97 Å². The van der Waals surface area contributed by atoms with Gasteiger partial charge in [-0.05, 0) is 18.2 Å². The largest absolute Gasteiger partial charge is 0.469 e. The Kier molecular flexibility index (Phi) is 7.36. The molecule has 0 aliphatic heterocycles. The standard InChI is InChI=1S/C17H25ClN2O3SSi/c1-22-16(21)5-7-24-13-9-14(18)17-15(10-13)20(11-19-17)12-23-6-8-25(2,3)4/h9-11H,5-8,12H2,1-4H3. The first-order chi connectivity index (χ1) is 11.8. The highest BCUT2D eigenvalue weighted by Crippen LogP contribution is 2.30. The van der Waals surface area contributed by atoms with Crippen molar-refractivity contribution in [2.24, 2.45) is 0 Å². The molecular formula is C17H25ClN2O3SSi. The summed E-state index contributed by atoms with van der Waals surface area (Å²) in [6.45, 7) is 8.23. The molecule has 5 nitrogen and oxygen atoms in total. The third-order valence-corrected chi connectivity index (χ3v) is 6.65. The zero-order valence-corrected chi connectivity index (χ0v) is 17.7. The van der Waals surface area contributed by atoms with E-state index in [1.54, 1.807) is 18.1 Å². The van der Waals surface area contributed by atoms with E-state index in [4.69, 9.17) is 16.3 Å². The molecule has 8 heteroatoms. The highest BCUT2D eigenvalue weighted by atomic mass is 35.5. The number of carbonyl (C=O) groups excluding carboxylic acids is 1. The van der Waals surface area contributed by atoms with Crippen LogP contribution in [0, 0.1) is 0 Å². The molecule has 0 saturated heterocycles. The SMILES string of the molecule is COC(=O)CCSc1cc(Cl)c2ncn(COCC[Si](C)(C)C)c2c1. The van der Waals surface area contributed by atoms with E-state index in [0.717, 1.165) is 28.6 Å². The average Bonchev–Trinajstić information content (AvgIpc) is 2.94. The molecule has 0 atom stereocenters. The minimum absolute atomic E-state index is 0.208. The second-order valence-electron chi connectivity index (χ2n) is 7.01. The Morgan fingerprint density at radius 1 is 1.36 bits per heavy atom. The Hall–Kier alpha value is -1.02. The minimum Gasteiger partial charge on any atom is -0.469 e. The number of fused-ring (bicyclic) bond motifs is 1. The zero-order chi connectivity index (χ0) is 18.4. The molecule has 0 aliphatic rings. The van der Waals surface area contributed by atoms with Crippen molar-refractivity contribution in [3.05, 3.63) is 23.5 Å². The maximum Gasteiger partial charge on any atom is 0.306 e. The van der Waals surface area contributed by atoms with Crippen molar-refractivity contribution < 1.29 is 14.3 Å². The maximum absolute atomic E-state index is 11.2. The Morgan fingerprint density at radius 2 is 2.12 bits per heavy atom. The topological polar surface area (TPSA) is 53.3 Å². The smallest absolute Gasteiger partial charge is 0.306 e. The van der Waals surface area contributed by atoms with Crippen molar-refractivity contribution in [1.82, 2.24) is 9.55 Å². The van der Waals surface area contributed by atoms with Gasteiger partial charge in [-0.15, -0.1) is 11.8 Å². The Labute approximate surface area is 159 Å². The molecule has 0 N–H and O–H groups in total. The average molecular weight is 401 g/mol. The van der Waals surface area contributed by atoms with Crippen LogP contribution in [0.3, 0.4) is 0 Å². The molecule has 0 fully saturated rings. The molecule has 1 heterocycles. The van der Waals surface area contributed by atoms with Crippen molar-refractivity contribution >= 4 is 48.4 Å². The van der Waals surface area contributed by atoms with Gasteiger partial charge in [-0.25, -0.2) is 4.98 Å². The molecule has 25 heavy (non-hydrogen) atoms. The molecular weight excluding hydrogens is 376 g/mol. The molecule has 2 aromatic rings. The van der Waals surface area contributed by atoms with Gasteiger partial charge in [0, 0.05) is 25.3 Å². The summed E-state index contributed by atoms with van der Waals surface area (Å²) in [5.74, 6) is 0.440. The lowest BCUT2D eigenvalue weighted by atomic mass is 10.3. The van der Waals surface area contributed by atoms with E-state index >= 15 is 0 Å². The van der Waals surface area contributed by atoms with Crippen molar-refractivity contribution in [2.75, 3.05) is 19.5 Å². The molecule has 1 aromatic heterocycles. The van der Waals surface area contributed by atoms with Crippen LogP contribution in [-0.2, 0) is 21.0 Å². The summed E-state index contributed by atoms with van der Waals surface area (Å²) in [6, 6.07) is 5.06. The Bertz CT molecular complexity index is 730. The van der Waals surface area contributed by atoms with Gasteiger partial charge >= 0.3 is 5.97 Å². The molecule has 0 amide bonds. The number of benzene rings is 1. The maximum atomic E-state index is 11.2. The molecule has 0 spiro atoms. The van der Waals surface area contributed by atoms with E-state index in [2.05, 4.69) is 29.4 Å². The van der Waals surface area contributed by atoms with Gasteiger partial charge in [0.25, 0.3) is 0 Å². The predicted octanol–water partition coefficient (Wildman–Crippen LogP) is 4.66. The number of aromatic nitrogens is 2. The van der Waals surface area contributed by atoms with Gasteiger partial charge in [-0.2, -0.15) is 0 Å².